The standard InChI is InChI=1S/C20H20N4O6/c1-11(25)21-15-7-14(8-16(10-15)22-12(2)26)20(28)24-23-19(27)13-3-4-17-18(9-13)30-6-5-29-17/h3-4,7-10H,5-6H2,1-2H3,(H,21,25)(H,22,26)(H,23,27)(H,24,28). The van der Waals surface area contributed by atoms with Crippen molar-refractivity contribution in [1.82, 2.24) is 10.9 Å². The van der Waals surface area contributed by atoms with Crippen LogP contribution in [0.15, 0.2) is 36.4 Å². The van der Waals surface area contributed by atoms with Crippen LogP contribution in [0.4, 0.5) is 11.4 Å². The first kappa shape index (κ1) is 20.6. The highest BCUT2D eigenvalue weighted by molar-refractivity contribution is 6.02. The van der Waals surface area contributed by atoms with Crippen molar-refractivity contribution >= 4 is 35.0 Å². The van der Waals surface area contributed by atoms with Gasteiger partial charge in [0.15, 0.2) is 11.5 Å². The van der Waals surface area contributed by atoms with Gasteiger partial charge in [-0.25, -0.2) is 0 Å². The molecule has 2 aromatic rings. The van der Waals surface area contributed by atoms with Crippen LogP contribution in [-0.2, 0) is 9.59 Å². The monoisotopic (exact) mass is 412 g/mol. The number of carbonyl (C=O) groups excluding carboxylic acids is 4. The molecule has 10 heteroatoms. The average Bonchev–Trinajstić information content (AvgIpc) is 2.70. The van der Waals surface area contributed by atoms with Gasteiger partial charge in [-0.1, -0.05) is 0 Å². The number of hydrazine groups is 1. The van der Waals surface area contributed by atoms with E-state index in [1.165, 1.54) is 38.1 Å². The third-order valence-electron chi connectivity index (χ3n) is 3.93. The van der Waals surface area contributed by atoms with E-state index in [0.29, 0.717) is 36.1 Å². The van der Waals surface area contributed by atoms with E-state index < -0.39 is 11.8 Å². The molecule has 0 aliphatic carbocycles. The zero-order valence-corrected chi connectivity index (χ0v) is 16.3. The predicted octanol–water partition coefficient (Wildman–Crippen LogP) is 1.45. The second kappa shape index (κ2) is 8.95. The molecular formula is C20H20N4O6. The minimum atomic E-state index is -0.639. The van der Waals surface area contributed by atoms with Crippen LogP contribution >= 0.6 is 0 Å². The predicted molar refractivity (Wildman–Crippen MR) is 107 cm³/mol. The molecule has 1 aliphatic heterocycles. The second-order valence-corrected chi connectivity index (χ2v) is 6.43. The molecule has 0 bridgehead atoms. The van der Waals surface area contributed by atoms with Crippen LogP contribution in [0.3, 0.4) is 0 Å². The van der Waals surface area contributed by atoms with Crippen molar-refractivity contribution in [3.05, 3.63) is 47.5 Å². The number of benzene rings is 2. The number of carbonyl (C=O) groups is 4. The Balaban J connectivity index is 1.71. The average molecular weight is 412 g/mol. The van der Waals surface area contributed by atoms with Crippen molar-refractivity contribution < 1.29 is 28.7 Å². The summed E-state index contributed by atoms with van der Waals surface area (Å²) in [5.74, 6) is -0.882. The van der Waals surface area contributed by atoms with Gasteiger partial charge >= 0.3 is 0 Å². The summed E-state index contributed by atoms with van der Waals surface area (Å²) >= 11 is 0. The van der Waals surface area contributed by atoms with Crippen molar-refractivity contribution in [2.75, 3.05) is 23.8 Å². The highest BCUT2D eigenvalue weighted by Crippen LogP contribution is 2.30. The lowest BCUT2D eigenvalue weighted by Gasteiger charge is -2.18. The van der Waals surface area contributed by atoms with Crippen LogP contribution in [0.2, 0.25) is 0 Å². The molecule has 0 atom stereocenters. The molecule has 3 rings (SSSR count). The molecule has 0 saturated heterocycles. The summed E-state index contributed by atoms with van der Waals surface area (Å²) in [6.07, 6.45) is 0. The Morgan fingerprint density at radius 2 is 1.23 bits per heavy atom. The Bertz CT molecular complexity index is 986. The van der Waals surface area contributed by atoms with Crippen LogP contribution < -0.4 is 31.0 Å². The van der Waals surface area contributed by atoms with Crippen LogP contribution in [0.25, 0.3) is 0 Å². The van der Waals surface area contributed by atoms with Crippen LogP contribution in [0, 0.1) is 0 Å². The fourth-order valence-corrected chi connectivity index (χ4v) is 2.75. The fourth-order valence-electron chi connectivity index (χ4n) is 2.75. The Hall–Kier alpha value is -4.08. The lowest BCUT2D eigenvalue weighted by molar-refractivity contribution is -0.115. The topological polar surface area (TPSA) is 135 Å². The number of hydrogen-bond donors (Lipinski definition) is 4. The number of nitrogens with one attached hydrogen (secondary N) is 4. The molecule has 4 N–H and O–H groups in total. The molecule has 0 radical (unpaired) electrons. The molecule has 30 heavy (non-hydrogen) atoms. The molecule has 4 amide bonds. The van der Waals surface area contributed by atoms with E-state index in [1.54, 1.807) is 12.1 Å². The molecule has 10 nitrogen and oxygen atoms in total. The zero-order valence-electron chi connectivity index (χ0n) is 16.3. The van der Waals surface area contributed by atoms with Crippen LogP contribution in [-0.4, -0.2) is 36.8 Å². The van der Waals surface area contributed by atoms with Crippen molar-refractivity contribution in [1.29, 1.82) is 0 Å². The van der Waals surface area contributed by atoms with E-state index in [-0.39, 0.29) is 22.9 Å². The molecule has 156 valence electrons. The van der Waals surface area contributed by atoms with E-state index in [9.17, 15) is 19.2 Å². The lowest BCUT2D eigenvalue weighted by Crippen LogP contribution is -2.41. The smallest absolute Gasteiger partial charge is 0.269 e. The second-order valence-electron chi connectivity index (χ2n) is 6.43. The van der Waals surface area contributed by atoms with Gasteiger partial charge in [-0.2, -0.15) is 0 Å². The summed E-state index contributed by atoms with van der Waals surface area (Å²) < 4.78 is 10.8. The quantitative estimate of drug-likeness (QED) is 0.562. The zero-order chi connectivity index (χ0) is 21.7. The minimum absolute atomic E-state index is 0.118. The Kier molecular flexibility index (Phi) is 6.16. The maximum atomic E-state index is 12.5. The third kappa shape index (κ3) is 5.25. The molecule has 0 aromatic heterocycles. The Labute approximate surface area is 171 Å². The van der Waals surface area contributed by atoms with Gasteiger partial charge in [-0.3, -0.25) is 30.0 Å². The molecule has 2 aromatic carbocycles. The summed E-state index contributed by atoms with van der Waals surface area (Å²) in [7, 11) is 0. The van der Waals surface area contributed by atoms with Gasteiger partial charge in [0.25, 0.3) is 11.8 Å². The number of fused-ring (bicyclic) bond motifs is 1. The van der Waals surface area contributed by atoms with E-state index in [1.807, 2.05) is 0 Å². The van der Waals surface area contributed by atoms with Gasteiger partial charge in [0, 0.05) is 36.3 Å². The van der Waals surface area contributed by atoms with E-state index in [2.05, 4.69) is 21.5 Å². The molecule has 0 unspecified atom stereocenters. The van der Waals surface area contributed by atoms with Crippen molar-refractivity contribution in [3.8, 4) is 11.5 Å². The maximum Gasteiger partial charge on any atom is 0.269 e. The normalized spacial score (nSPS) is 11.8. The van der Waals surface area contributed by atoms with E-state index in [0.717, 1.165) is 0 Å². The van der Waals surface area contributed by atoms with Crippen LogP contribution in [0.1, 0.15) is 34.6 Å². The number of anilines is 2. The summed E-state index contributed by atoms with van der Waals surface area (Å²) in [6, 6.07) is 9.01. The van der Waals surface area contributed by atoms with Gasteiger partial charge in [0.05, 0.1) is 0 Å². The Morgan fingerprint density at radius 1 is 0.700 bits per heavy atom. The number of ether oxygens (including phenoxy) is 2. The molecule has 0 spiro atoms. The number of hydrogen-bond acceptors (Lipinski definition) is 6. The van der Waals surface area contributed by atoms with Crippen molar-refractivity contribution in [3.63, 3.8) is 0 Å². The van der Waals surface area contributed by atoms with E-state index in [4.69, 9.17) is 9.47 Å². The fraction of sp³-hybridized carbons (Fsp3) is 0.200. The van der Waals surface area contributed by atoms with Crippen molar-refractivity contribution in [2.24, 2.45) is 0 Å². The summed E-state index contributed by atoms with van der Waals surface area (Å²) in [4.78, 5) is 47.5. The highest BCUT2D eigenvalue weighted by atomic mass is 16.6. The number of amides is 4. The highest BCUT2D eigenvalue weighted by Gasteiger charge is 2.16. The molecule has 1 aliphatic rings. The summed E-state index contributed by atoms with van der Waals surface area (Å²) in [5.41, 5.74) is 5.64. The first-order chi connectivity index (χ1) is 14.3. The van der Waals surface area contributed by atoms with Crippen LogP contribution in [0.5, 0.6) is 11.5 Å². The molecule has 0 fully saturated rings. The minimum Gasteiger partial charge on any atom is -0.486 e. The molecule has 0 saturated carbocycles. The summed E-state index contributed by atoms with van der Waals surface area (Å²) in [5, 5.41) is 5.10. The Morgan fingerprint density at radius 3 is 1.80 bits per heavy atom. The van der Waals surface area contributed by atoms with Gasteiger partial charge in [-0.05, 0) is 36.4 Å². The maximum absolute atomic E-state index is 12.5. The molecule has 1 heterocycles. The third-order valence-corrected chi connectivity index (χ3v) is 3.93. The van der Waals surface area contributed by atoms with Gasteiger partial charge in [-0.15, -0.1) is 0 Å². The van der Waals surface area contributed by atoms with Crippen molar-refractivity contribution in [2.45, 2.75) is 13.8 Å². The van der Waals surface area contributed by atoms with Gasteiger partial charge in [0.2, 0.25) is 11.8 Å². The first-order valence-electron chi connectivity index (χ1n) is 9.02. The largest absolute Gasteiger partial charge is 0.486 e. The molecular weight excluding hydrogens is 392 g/mol. The van der Waals surface area contributed by atoms with E-state index >= 15 is 0 Å². The lowest BCUT2D eigenvalue weighted by atomic mass is 10.1. The van der Waals surface area contributed by atoms with Gasteiger partial charge in [0.1, 0.15) is 13.2 Å². The number of rotatable bonds is 4. The SMILES string of the molecule is CC(=O)Nc1cc(NC(C)=O)cc(C(=O)NNC(=O)c2ccc3c(c2)OCCO3)c1. The first-order valence-corrected chi connectivity index (χ1v) is 9.02. The summed E-state index contributed by atoms with van der Waals surface area (Å²) in [6.45, 7) is 3.46. The van der Waals surface area contributed by atoms with Gasteiger partial charge < -0.3 is 20.1 Å².